The maximum absolute atomic E-state index is 12.2. The van der Waals surface area contributed by atoms with Crippen molar-refractivity contribution in [2.45, 2.75) is 32.8 Å². The van der Waals surface area contributed by atoms with Crippen LogP contribution in [0.15, 0.2) is 52.9 Å². The molecule has 0 amide bonds. The average molecular weight is 411 g/mol. The van der Waals surface area contributed by atoms with Crippen molar-refractivity contribution in [2.24, 2.45) is 0 Å². The third-order valence-electron chi connectivity index (χ3n) is 4.31. The molecule has 0 N–H and O–H groups in total. The molecule has 2 aromatic carbocycles. The number of nitrogens with zero attached hydrogens (tertiary/aromatic N) is 3. The van der Waals surface area contributed by atoms with Crippen LogP contribution in [-0.2, 0) is 9.53 Å². The van der Waals surface area contributed by atoms with Crippen LogP contribution in [0, 0.1) is 10.1 Å². The van der Waals surface area contributed by atoms with Crippen LogP contribution >= 0.6 is 0 Å². The number of rotatable bonds is 8. The van der Waals surface area contributed by atoms with E-state index in [0.717, 1.165) is 5.56 Å². The maximum Gasteiger partial charge on any atom is 0.344 e. The number of esters is 1. The largest absolute Gasteiger partial charge is 0.482 e. The molecule has 0 fully saturated rings. The molecule has 156 valence electrons. The van der Waals surface area contributed by atoms with Crippen LogP contribution in [0.5, 0.6) is 5.75 Å². The molecule has 1 aromatic heterocycles. The van der Waals surface area contributed by atoms with E-state index < -0.39 is 17.0 Å². The van der Waals surface area contributed by atoms with E-state index in [4.69, 9.17) is 13.9 Å². The summed E-state index contributed by atoms with van der Waals surface area (Å²) >= 11 is 0. The van der Waals surface area contributed by atoms with Gasteiger partial charge in [0.1, 0.15) is 5.75 Å². The number of hydrogen-bond donors (Lipinski definition) is 0. The van der Waals surface area contributed by atoms with E-state index in [1.165, 1.54) is 24.3 Å². The first-order valence-corrected chi connectivity index (χ1v) is 9.34. The zero-order chi connectivity index (χ0) is 21.7. The Morgan fingerprint density at radius 2 is 1.80 bits per heavy atom. The van der Waals surface area contributed by atoms with Gasteiger partial charge in [0.05, 0.1) is 4.92 Å². The molecule has 0 aliphatic heterocycles. The lowest BCUT2D eigenvalue weighted by molar-refractivity contribution is -0.384. The molecule has 3 rings (SSSR count). The maximum atomic E-state index is 12.2. The highest BCUT2D eigenvalue weighted by molar-refractivity contribution is 5.71. The fraction of sp³-hybridized carbons (Fsp3) is 0.286. The number of carbonyl (C=O) groups excluding carboxylic acids is 1. The summed E-state index contributed by atoms with van der Waals surface area (Å²) in [7, 11) is 0. The molecular formula is C21H21N3O6. The Balaban J connectivity index is 1.59. The van der Waals surface area contributed by atoms with Gasteiger partial charge in [0, 0.05) is 17.7 Å². The number of carbonyl (C=O) groups is 1. The van der Waals surface area contributed by atoms with Crippen molar-refractivity contribution in [1.82, 2.24) is 10.2 Å². The Hall–Kier alpha value is -3.75. The SMILES string of the molecule is CC(C)c1ccccc1OCC(=O)O[C@@H](C)c1nnc(-c2ccc([N+](=O)[O-])cc2)o1. The van der Waals surface area contributed by atoms with Crippen molar-refractivity contribution in [3.63, 3.8) is 0 Å². The second-order valence-corrected chi connectivity index (χ2v) is 6.86. The third kappa shape index (κ3) is 4.99. The van der Waals surface area contributed by atoms with Crippen LogP contribution in [0.3, 0.4) is 0 Å². The van der Waals surface area contributed by atoms with Crippen molar-refractivity contribution >= 4 is 11.7 Å². The number of non-ortho nitro benzene ring substituents is 1. The van der Waals surface area contributed by atoms with Gasteiger partial charge in [-0.15, -0.1) is 10.2 Å². The number of para-hydroxylation sites is 1. The Kier molecular flexibility index (Phi) is 6.41. The van der Waals surface area contributed by atoms with Crippen molar-refractivity contribution in [3.8, 4) is 17.2 Å². The predicted molar refractivity (Wildman–Crippen MR) is 107 cm³/mol. The van der Waals surface area contributed by atoms with E-state index in [1.54, 1.807) is 13.0 Å². The van der Waals surface area contributed by atoms with E-state index in [1.807, 2.05) is 32.0 Å². The zero-order valence-corrected chi connectivity index (χ0v) is 16.8. The van der Waals surface area contributed by atoms with Crippen molar-refractivity contribution in [2.75, 3.05) is 6.61 Å². The van der Waals surface area contributed by atoms with Crippen LogP contribution < -0.4 is 4.74 Å². The van der Waals surface area contributed by atoms with Gasteiger partial charge in [0.15, 0.2) is 12.7 Å². The molecule has 0 bridgehead atoms. The van der Waals surface area contributed by atoms with Crippen molar-refractivity contribution in [1.29, 1.82) is 0 Å². The summed E-state index contributed by atoms with van der Waals surface area (Å²) in [5.41, 5.74) is 1.48. The Morgan fingerprint density at radius 1 is 1.10 bits per heavy atom. The number of aromatic nitrogens is 2. The molecule has 0 spiro atoms. The molecule has 9 nitrogen and oxygen atoms in total. The van der Waals surface area contributed by atoms with E-state index in [0.29, 0.717) is 11.3 Å². The summed E-state index contributed by atoms with van der Waals surface area (Å²) in [6.07, 6.45) is -0.777. The Bertz CT molecular complexity index is 1030. The van der Waals surface area contributed by atoms with E-state index in [-0.39, 0.29) is 30.0 Å². The monoisotopic (exact) mass is 411 g/mol. The highest BCUT2D eigenvalue weighted by Gasteiger charge is 2.20. The minimum absolute atomic E-state index is 0.0418. The van der Waals surface area contributed by atoms with Gasteiger partial charge in [0.25, 0.3) is 11.6 Å². The van der Waals surface area contributed by atoms with Crippen LogP contribution in [0.2, 0.25) is 0 Å². The van der Waals surface area contributed by atoms with Crippen molar-refractivity contribution < 1.29 is 23.6 Å². The number of benzene rings is 2. The van der Waals surface area contributed by atoms with Gasteiger partial charge in [-0.1, -0.05) is 32.0 Å². The average Bonchev–Trinajstić information content (AvgIpc) is 3.23. The molecule has 1 heterocycles. The molecule has 0 aliphatic carbocycles. The lowest BCUT2D eigenvalue weighted by Gasteiger charge is -2.14. The number of nitro benzene ring substituents is 1. The highest BCUT2D eigenvalue weighted by atomic mass is 16.6. The lowest BCUT2D eigenvalue weighted by Crippen LogP contribution is -2.17. The van der Waals surface area contributed by atoms with E-state index in [2.05, 4.69) is 10.2 Å². The number of ether oxygens (including phenoxy) is 2. The Morgan fingerprint density at radius 3 is 2.47 bits per heavy atom. The predicted octanol–water partition coefficient (Wildman–Crippen LogP) is 4.45. The Labute approximate surface area is 172 Å². The molecule has 0 radical (unpaired) electrons. The number of nitro groups is 1. The second kappa shape index (κ2) is 9.17. The van der Waals surface area contributed by atoms with Crippen molar-refractivity contribution in [3.05, 3.63) is 70.1 Å². The van der Waals surface area contributed by atoms with Gasteiger partial charge in [-0.05, 0) is 36.6 Å². The van der Waals surface area contributed by atoms with Crippen LogP contribution in [0.1, 0.15) is 44.2 Å². The first kappa shape index (κ1) is 21.0. The zero-order valence-electron chi connectivity index (χ0n) is 16.8. The first-order valence-electron chi connectivity index (χ1n) is 9.34. The molecule has 1 atom stereocenters. The fourth-order valence-corrected chi connectivity index (χ4v) is 2.75. The molecule has 0 unspecified atom stereocenters. The topological polar surface area (TPSA) is 118 Å². The molecule has 30 heavy (non-hydrogen) atoms. The van der Waals surface area contributed by atoms with E-state index >= 15 is 0 Å². The standard InChI is InChI=1S/C21H21N3O6/c1-13(2)17-6-4-5-7-18(17)28-12-19(25)29-14(3)20-22-23-21(30-20)15-8-10-16(11-9-15)24(26)27/h4-11,13-14H,12H2,1-3H3/t14-/m0/s1. The minimum atomic E-state index is -0.777. The van der Waals surface area contributed by atoms with Gasteiger partial charge in [0.2, 0.25) is 5.89 Å². The third-order valence-corrected chi connectivity index (χ3v) is 4.31. The summed E-state index contributed by atoms with van der Waals surface area (Å²) in [5.74, 6) is 0.600. The summed E-state index contributed by atoms with van der Waals surface area (Å²) in [5, 5.41) is 18.5. The fourth-order valence-electron chi connectivity index (χ4n) is 2.75. The van der Waals surface area contributed by atoms with Gasteiger partial charge in [-0.2, -0.15) is 0 Å². The summed E-state index contributed by atoms with van der Waals surface area (Å²) in [4.78, 5) is 22.4. The van der Waals surface area contributed by atoms with Crippen LogP contribution in [0.25, 0.3) is 11.5 Å². The van der Waals surface area contributed by atoms with Crippen LogP contribution in [0.4, 0.5) is 5.69 Å². The molecule has 0 saturated carbocycles. The smallest absolute Gasteiger partial charge is 0.344 e. The number of hydrogen-bond acceptors (Lipinski definition) is 8. The van der Waals surface area contributed by atoms with Gasteiger partial charge >= 0.3 is 5.97 Å². The quantitative estimate of drug-likeness (QED) is 0.303. The normalized spacial score (nSPS) is 11.9. The summed E-state index contributed by atoms with van der Waals surface area (Å²) < 4.78 is 16.5. The summed E-state index contributed by atoms with van der Waals surface area (Å²) in [6.45, 7) is 5.44. The second-order valence-electron chi connectivity index (χ2n) is 6.86. The molecule has 0 saturated heterocycles. The van der Waals surface area contributed by atoms with Crippen LogP contribution in [-0.4, -0.2) is 27.7 Å². The molecule has 0 aliphatic rings. The molecule has 3 aromatic rings. The first-order chi connectivity index (χ1) is 14.3. The van der Waals surface area contributed by atoms with E-state index in [9.17, 15) is 14.9 Å². The molecule has 9 heteroatoms. The summed E-state index contributed by atoms with van der Waals surface area (Å²) in [6, 6.07) is 13.2. The van der Waals surface area contributed by atoms with Gasteiger partial charge < -0.3 is 13.9 Å². The van der Waals surface area contributed by atoms with Gasteiger partial charge in [-0.25, -0.2) is 4.79 Å². The highest BCUT2D eigenvalue weighted by Crippen LogP contribution is 2.27. The van der Waals surface area contributed by atoms with Gasteiger partial charge in [-0.3, -0.25) is 10.1 Å². The minimum Gasteiger partial charge on any atom is -0.482 e. The lowest BCUT2D eigenvalue weighted by atomic mass is 10.0. The molecular weight excluding hydrogens is 390 g/mol.